The number of fused-ring (bicyclic) bond motifs is 2. The Morgan fingerprint density at radius 1 is 1.19 bits per heavy atom. The number of pyridine rings is 1. The molecule has 8 nitrogen and oxygen atoms in total. The molecule has 1 saturated carbocycles. The highest BCUT2D eigenvalue weighted by Crippen LogP contribution is 2.57. The van der Waals surface area contributed by atoms with Crippen LogP contribution in [0.4, 0.5) is 19.1 Å². The summed E-state index contributed by atoms with van der Waals surface area (Å²) >= 11 is 0. The number of imidazole rings is 1. The molecule has 4 aromatic rings. The summed E-state index contributed by atoms with van der Waals surface area (Å²) in [5, 5.41) is 7.07. The zero-order chi connectivity index (χ0) is 22.5. The second-order valence-electron chi connectivity index (χ2n) is 8.12. The Labute approximate surface area is 181 Å². The fourth-order valence-corrected chi connectivity index (χ4v) is 3.87. The summed E-state index contributed by atoms with van der Waals surface area (Å²) in [6.45, 7) is 2.90. The minimum absolute atomic E-state index is 0.133. The van der Waals surface area contributed by atoms with Crippen LogP contribution in [0.5, 0.6) is 0 Å². The van der Waals surface area contributed by atoms with E-state index in [0.717, 1.165) is 28.2 Å². The molecule has 4 heterocycles. The molecular weight excluding hydrogens is 423 g/mol. The molecule has 0 aromatic carbocycles. The van der Waals surface area contributed by atoms with Crippen molar-refractivity contribution < 1.29 is 17.9 Å². The van der Waals surface area contributed by atoms with Crippen molar-refractivity contribution in [3.05, 3.63) is 36.4 Å². The van der Waals surface area contributed by atoms with Gasteiger partial charge >= 0.3 is 6.18 Å². The first-order chi connectivity index (χ1) is 15.3. The highest BCUT2D eigenvalue weighted by molar-refractivity contribution is 5.82. The Hall–Kier alpha value is -3.21. The predicted molar refractivity (Wildman–Crippen MR) is 112 cm³/mol. The Balaban J connectivity index is 1.43. The lowest BCUT2D eigenvalue weighted by Crippen LogP contribution is -2.32. The molecule has 0 spiro atoms. The summed E-state index contributed by atoms with van der Waals surface area (Å²) in [4.78, 5) is 13.6. The van der Waals surface area contributed by atoms with E-state index in [0.29, 0.717) is 18.7 Å². The van der Waals surface area contributed by atoms with E-state index in [-0.39, 0.29) is 25.3 Å². The fourth-order valence-electron chi connectivity index (χ4n) is 3.87. The van der Waals surface area contributed by atoms with Crippen LogP contribution in [0.25, 0.3) is 27.9 Å². The van der Waals surface area contributed by atoms with Gasteiger partial charge in [0.25, 0.3) is 0 Å². The van der Waals surface area contributed by atoms with Gasteiger partial charge in [-0.3, -0.25) is 0 Å². The molecule has 1 aliphatic rings. The number of nitrogens with one attached hydrogen (secondary N) is 1. The Morgan fingerprint density at radius 3 is 2.72 bits per heavy atom. The van der Waals surface area contributed by atoms with E-state index in [1.54, 1.807) is 24.0 Å². The predicted octanol–water partition coefficient (Wildman–Crippen LogP) is 3.85. The van der Waals surface area contributed by atoms with E-state index in [9.17, 15) is 13.2 Å². The Bertz CT molecular complexity index is 1290. The summed E-state index contributed by atoms with van der Waals surface area (Å²) < 4.78 is 48.2. The molecule has 5 rings (SSSR count). The third-order valence-electron chi connectivity index (χ3n) is 6.03. The van der Waals surface area contributed by atoms with Crippen molar-refractivity contribution in [1.82, 2.24) is 29.1 Å². The number of hydrogen-bond donors (Lipinski definition) is 1. The van der Waals surface area contributed by atoms with Gasteiger partial charge in [0.15, 0.2) is 5.65 Å². The second kappa shape index (κ2) is 7.44. The van der Waals surface area contributed by atoms with Crippen LogP contribution in [0.15, 0.2) is 30.6 Å². The van der Waals surface area contributed by atoms with Crippen LogP contribution >= 0.6 is 0 Å². The van der Waals surface area contributed by atoms with Gasteiger partial charge in [-0.1, -0.05) is 0 Å². The van der Waals surface area contributed by atoms with Crippen molar-refractivity contribution in [1.29, 1.82) is 0 Å². The first kappa shape index (κ1) is 20.7. The molecule has 0 bridgehead atoms. The van der Waals surface area contributed by atoms with Crippen molar-refractivity contribution in [3.63, 3.8) is 0 Å². The van der Waals surface area contributed by atoms with E-state index in [2.05, 4.69) is 20.4 Å². The van der Waals surface area contributed by atoms with Gasteiger partial charge < -0.3 is 14.6 Å². The standard InChI is InChI=1S/C21H22F3N7O/c1-13-27-16-4-3-15(28-18(16)30(13)9-10-32-2)14-5-8-31-17(14)11-25-19(29-31)26-12-20(6-7-20)21(22,23)24/h3-5,8,11H,6-7,9-10,12H2,1-2H3,(H,26,29). The van der Waals surface area contributed by atoms with Gasteiger partial charge in [-0.25, -0.2) is 19.5 Å². The van der Waals surface area contributed by atoms with Crippen LogP contribution in [0.1, 0.15) is 18.7 Å². The number of aryl methyl sites for hydroxylation is 1. The van der Waals surface area contributed by atoms with Crippen LogP contribution in [0, 0.1) is 12.3 Å². The monoisotopic (exact) mass is 445 g/mol. The van der Waals surface area contributed by atoms with E-state index in [1.165, 1.54) is 0 Å². The minimum Gasteiger partial charge on any atom is -0.383 e. The maximum absolute atomic E-state index is 13.1. The van der Waals surface area contributed by atoms with Crippen LogP contribution in [0.2, 0.25) is 0 Å². The summed E-state index contributed by atoms with van der Waals surface area (Å²) in [5.74, 6) is 1.02. The zero-order valence-corrected chi connectivity index (χ0v) is 17.6. The number of ether oxygens (including phenoxy) is 1. The molecule has 168 valence electrons. The van der Waals surface area contributed by atoms with Crippen LogP contribution in [0.3, 0.4) is 0 Å². The van der Waals surface area contributed by atoms with Gasteiger partial charge in [0.05, 0.1) is 29.4 Å². The van der Waals surface area contributed by atoms with Gasteiger partial charge in [0.2, 0.25) is 5.95 Å². The maximum Gasteiger partial charge on any atom is 0.396 e. The molecule has 0 radical (unpaired) electrons. The number of aromatic nitrogens is 6. The number of alkyl halides is 3. The Kier molecular flexibility index (Phi) is 4.81. The molecule has 0 aliphatic heterocycles. The smallest absolute Gasteiger partial charge is 0.383 e. The summed E-state index contributed by atoms with van der Waals surface area (Å²) in [7, 11) is 1.65. The first-order valence-electron chi connectivity index (χ1n) is 10.3. The highest BCUT2D eigenvalue weighted by Gasteiger charge is 2.62. The van der Waals surface area contributed by atoms with Gasteiger partial charge in [0, 0.05) is 32.0 Å². The molecule has 1 fully saturated rings. The van der Waals surface area contributed by atoms with Crippen molar-refractivity contribution >= 4 is 22.6 Å². The van der Waals surface area contributed by atoms with Gasteiger partial charge in [-0.15, -0.1) is 5.10 Å². The summed E-state index contributed by atoms with van der Waals surface area (Å²) in [6.07, 6.45) is -0.615. The number of methoxy groups -OCH3 is 1. The highest BCUT2D eigenvalue weighted by atomic mass is 19.4. The molecule has 11 heteroatoms. The SMILES string of the molecule is COCCn1c(C)nc2ccc(-c3ccn4nc(NCC5(C(F)(F)F)CC5)ncc34)nc21. The second-order valence-corrected chi connectivity index (χ2v) is 8.12. The van der Waals surface area contributed by atoms with Gasteiger partial charge in [-0.2, -0.15) is 13.2 Å². The molecule has 0 atom stereocenters. The Morgan fingerprint density at radius 2 is 2.00 bits per heavy atom. The third kappa shape index (κ3) is 3.46. The van der Waals surface area contributed by atoms with Gasteiger partial charge in [0.1, 0.15) is 11.3 Å². The number of halogens is 3. The zero-order valence-electron chi connectivity index (χ0n) is 17.6. The maximum atomic E-state index is 13.1. The third-order valence-corrected chi connectivity index (χ3v) is 6.03. The molecule has 4 aromatic heterocycles. The number of hydrogen-bond acceptors (Lipinski definition) is 6. The molecule has 0 amide bonds. The first-order valence-corrected chi connectivity index (χ1v) is 10.3. The van der Waals surface area contributed by atoms with Crippen molar-refractivity contribution in [2.75, 3.05) is 25.6 Å². The average molecular weight is 445 g/mol. The quantitative estimate of drug-likeness (QED) is 0.465. The average Bonchev–Trinajstić information content (AvgIpc) is 3.36. The van der Waals surface area contributed by atoms with E-state index >= 15 is 0 Å². The lowest BCUT2D eigenvalue weighted by atomic mass is 10.1. The number of rotatable bonds is 7. The minimum atomic E-state index is -4.22. The molecule has 1 N–H and O–H groups in total. The van der Waals surface area contributed by atoms with Crippen LogP contribution in [-0.2, 0) is 11.3 Å². The lowest BCUT2D eigenvalue weighted by Gasteiger charge is -2.19. The van der Waals surface area contributed by atoms with Crippen LogP contribution < -0.4 is 5.32 Å². The van der Waals surface area contributed by atoms with Crippen molar-refractivity contribution in [2.24, 2.45) is 5.41 Å². The van der Waals surface area contributed by atoms with E-state index in [1.807, 2.05) is 29.7 Å². The fraction of sp³-hybridized carbons (Fsp3) is 0.429. The van der Waals surface area contributed by atoms with Crippen molar-refractivity contribution in [3.8, 4) is 11.3 Å². The molecule has 1 aliphatic carbocycles. The molecule has 32 heavy (non-hydrogen) atoms. The van der Waals surface area contributed by atoms with E-state index < -0.39 is 11.6 Å². The molecule has 0 unspecified atom stereocenters. The molecular formula is C21H22F3N7O. The normalized spacial score (nSPS) is 15.5. The van der Waals surface area contributed by atoms with Crippen molar-refractivity contribution in [2.45, 2.75) is 32.5 Å². The van der Waals surface area contributed by atoms with E-state index in [4.69, 9.17) is 9.72 Å². The molecule has 0 saturated heterocycles. The number of anilines is 1. The topological polar surface area (TPSA) is 82.2 Å². The van der Waals surface area contributed by atoms with Gasteiger partial charge in [-0.05, 0) is 38.0 Å². The van der Waals surface area contributed by atoms with Crippen LogP contribution in [-0.4, -0.2) is 55.6 Å². The summed E-state index contributed by atoms with van der Waals surface area (Å²) in [6, 6.07) is 5.67. The largest absolute Gasteiger partial charge is 0.396 e. The summed E-state index contributed by atoms with van der Waals surface area (Å²) in [5.41, 5.74) is 2.17. The lowest BCUT2D eigenvalue weighted by molar-refractivity contribution is -0.182. The number of nitrogens with zero attached hydrogens (tertiary/aromatic N) is 6.